The number of unbranched alkanes of at least 4 members (excludes halogenated alkanes) is 1. The van der Waals surface area contributed by atoms with Crippen LogP contribution in [0.4, 0.5) is 5.69 Å². The lowest BCUT2D eigenvalue weighted by Gasteiger charge is -2.18. The van der Waals surface area contributed by atoms with Crippen LogP contribution in [0.5, 0.6) is 0 Å². The molecule has 2 amide bonds. The molecule has 5 rings (SSSR count). The van der Waals surface area contributed by atoms with Crippen molar-refractivity contribution < 1.29 is 14.0 Å². The highest BCUT2D eigenvalue weighted by atomic mass is 16.4. The molecule has 0 fully saturated rings. The first-order valence-electron chi connectivity index (χ1n) is 14.0. The maximum atomic E-state index is 13.5. The van der Waals surface area contributed by atoms with Gasteiger partial charge in [0.1, 0.15) is 5.76 Å². The van der Waals surface area contributed by atoms with Gasteiger partial charge in [0.2, 0.25) is 0 Å². The van der Waals surface area contributed by atoms with E-state index in [1.54, 1.807) is 0 Å². The second-order valence-corrected chi connectivity index (χ2v) is 10.3. The smallest absolute Gasteiger partial charge is 0.291 e. The average molecular weight is 534 g/mol. The van der Waals surface area contributed by atoms with Gasteiger partial charge in [-0.3, -0.25) is 9.59 Å². The third-order valence-electron chi connectivity index (χ3n) is 7.39. The van der Waals surface area contributed by atoms with Crippen LogP contribution in [-0.2, 0) is 17.6 Å². The van der Waals surface area contributed by atoms with Crippen molar-refractivity contribution in [3.63, 3.8) is 0 Å². The molecule has 0 bridgehead atoms. The van der Waals surface area contributed by atoms with E-state index < -0.39 is 5.92 Å². The summed E-state index contributed by atoms with van der Waals surface area (Å²) in [6.45, 7) is 4.06. The number of hydrazone groups is 1. The van der Waals surface area contributed by atoms with Gasteiger partial charge in [-0.1, -0.05) is 86.1 Å². The summed E-state index contributed by atoms with van der Waals surface area (Å²) in [5.74, 6) is 0.0326. The largest absolute Gasteiger partial charge is 0.455 e. The molecule has 1 heterocycles. The number of anilines is 1. The van der Waals surface area contributed by atoms with Crippen LogP contribution < -0.4 is 10.7 Å². The number of benzene rings is 3. The molecule has 0 saturated heterocycles. The third kappa shape index (κ3) is 6.07. The van der Waals surface area contributed by atoms with Crippen LogP contribution in [0, 0.1) is 6.92 Å². The van der Waals surface area contributed by atoms with Crippen molar-refractivity contribution in [2.24, 2.45) is 5.10 Å². The Kier molecular flexibility index (Phi) is 8.55. The number of hydrogen-bond acceptors (Lipinski definition) is 4. The number of carbonyl (C=O) groups excluding carboxylic acids is 2. The van der Waals surface area contributed by atoms with Crippen molar-refractivity contribution >= 4 is 23.2 Å². The number of nitrogens with zero attached hydrogens (tertiary/aromatic N) is 1. The van der Waals surface area contributed by atoms with Crippen LogP contribution in [0.25, 0.3) is 0 Å². The van der Waals surface area contributed by atoms with Crippen LogP contribution in [0.1, 0.15) is 82.7 Å². The van der Waals surface area contributed by atoms with Crippen molar-refractivity contribution in [2.75, 3.05) is 5.32 Å². The molecule has 6 nitrogen and oxygen atoms in total. The molecule has 2 N–H and O–H groups in total. The Labute approximate surface area is 235 Å². The summed E-state index contributed by atoms with van der Waals surface area (Å²) in [7, 11) is 0. The predicted octanol–water partition coefficient (Wildman–Crippen LogP) is 7.17. The number of hydrogen-bond donors (Lipinski definition) is 2. The third-order valence-corrected chi connectivity index (χ3v) is 7.39. The Morgan fingerprint density at radius 2 is 1.55 bits per heavy atom. The molecular formula is C34H35N3O3. The fraction of sp³-hybridized carbons (Fsp3) is 0.265. The molecule has 6 heteroatoms. The summed E-state index contributed by atoms with van der Waals surface area (Å²) in [6.07, 6.45) is 5.57. The minimum absolute atomic E-state index is 0.210. The maximum absolute atomic E-state index is 13.5. The van der Waals surface area contributed by atoms with Gasteiger partial charge in [0.15, 0.2) is 5.76 Å². The van der Waals surface area contributed by atoms with Crippen molar-refractivity contribution in [3.05, 3.63) is 124 Å². The number of furan rings is 1. The number of rotatable bonds is 9. The van der Waals surface area contributed by atoms with Gasteiger partial charge in [-0.15, -0.1) is 0 Å². The molecule has 0 spiro atoms. The highest BCUT2D eigenvalue weighted by molar-refractivity contribution is 6.09. The zero-order valence-corrected chi connectivity index (χ0v) is 23.1. The van der Waals surface area contributed by atoms with Crippen molar-refractivity contribution in [1.29, 1.82) is 0 Å². The van der Waals surface area contributed by atoms with Gasteiger partial charge >= 0.3 is 0 Å². The van der Waals surface area contributed by atoms with E-state index in [2.05, 4.69) is 34.9 Å². The highest BCUT2D eigenvalue weighted by Gasteiger charge is 2.29. The zero-order chi connectivity index (χ0) is 27.9. The fourth-order valence-corrected chi connectivity index (χ4v) is 5.29. The van der Waals surface area contributed by atoms with Gasteiger partial charge in [0.25, 0.3) is 11.8 Å². The summed E-state index contributed by atoms with van der Waals surface area (Å²) in [4.78, 5) is 26.6. The minimum atomic E-state index is -0.491. The molecule has 1 aromatic heterocycles. The van der Waals surface area contributed by atoms with Crippen LogP contribution in [0.2, 0.25) is 0 Å². The predicted molar refractivity (Wildman–Crippen MR) is 159 cm³/mol. The number of nitrogens with one attached hydrogen (secondary N) is 2. The van der Waals surface area contributed by atoms with E-state index in [9.17, 15) is 9.59 Å². The molecule has 204 valence electrons. The second kappa shape index (κ2) is 12.6. The van der Waals surface area contributed by atoms with Crippen LogP contribution >= 0.6 is 0 Å². The highest BCUT2D eigenvalue weighted by Crippen LogP contribution is 2.31. The van der Waals surface area contributed by atoms with Gasteiger partial charge < -0.3 is 9.73 Å². The molecular weight excluding hydrogens is 498 g/mol. The van der Waals surface area contributed by atoms with Crippen LogP contribution in [-0.4, -0.2) is 17.5 Å². The van der Waals surface area contributed by atoms with Crippen molar-refractivity contribution in [3.8, 4) is 0 Å². The molecule has 0 atom stereocenters. The van der Waals surface area contributed by atoms with Crippen LogP contribution in [0.3, 0.4) is 0 Å². The van der Waals surface area contributed by atoms with E-state index in [0.717, 1.165) is 71.5 Å². The lowest BCUT2D eigenvalue weighted by Crippen LogP contribution is -2.28. The Morgan fingerprint density at radius 1 is 0.900 bits per heavy atom. The first-order chi connectivity index (χ1) is 19.5. The first-order valence-corrected chi connectivity index (χ1v) is 14.0. The number of carbonyl (C=O) groups is 2. The number of fused-ring (bicyclic) bond motifs is 1. The molecule has 0 aliphatic heterocycles. The van der Waals surface area contributed by atoms with Gasteiger partial charge in [-0.2, -0.15) is 5.10 Å². The Balaban J connectivity index is 1.35. The van der Waals surface area contributed by atoms with Gasteiger partial charge in [0, 0.05) is 23.2 Å². The minimum Gasteiger partial charge on any atom is -0.455 e. The molecule has 1 aliphatic rings. The topological polar surface area (TPSA) is 83.7 Å². The lowest BCUT2D eigenvalue weighted by molar-refractivity contribution is -0.121. The van der Waals surface area contributed by atoms with Gasteiger partial charge in [-0.05, 0) is 61.4 Å². The maximum Gasteiger partial charge on any atom is 0.291 e. The second-order valence-electron chi connectivity index (χ2n) is 10.3. The van der Waals surface area contributed by atoms with E-state index in [0.29, 0.717) is 6.42 Å². The molecule has 4 aromatic rings. The van der Waals surface area contributed by atoms with Crippen LogP contribution in [0.15, 0.2) is 94.4 Å². The summed E-state index contributed by atoms with van der Waals surface area (Å²) in [5.41, 5.74) is 8.89. The van der Waals surface area contributed by atoms with E-state index in [4.69, 9.17) is 4.42 Å². The van der Waals surface area contributed by atoms with E-state index in [-0.39, 0.29) is 17.6 Å². The van der Waals surface area contributed by atoms with E-state index >= 15 is 0 Å². The average Bonchev–Trinajstić information content (AvgIpc) is 3.34. The standard InChI is InChI=1S/C34H35N3O3/c1-3-4-12-24-19-21-27(22-20-24)35-34(39)32-23(2)30-28(17-11-18-29(30)40-32)36-37-33(38)31(25-13-7-5-8-14-25)26-15-9-6-10-16-26/h5-10,13-16,19-22,31H,3-4,11-12,17-18H2,1-2H3,(H,35,39)(H,37,38)/b36-28+. The summed E-state index contributed by atoms with van der Waals surface area (Å²) in [6, 6.07) is 27.4. The quantitative estimate of drug-likeness (QED) is 0.224. The summed E-state index contributed by atoms with van der Waals surface area (Å²) >= 11 is 0. The fourth-order valence-electron chi connectivity index (χ4n) is 5.29. The molecule has 1 aliphatic carbocycles. The number of amides is 2. The van der Waals surface area contributed by atoms with E-state index in [1.807, 2.05) is 79.7 Å². The molecule has 0 saturated carbocycles. The Bertz CT molecular complexity index is 1450. The van der Waals surface area contributed by atoms with Crippen molar-refractivity contribution in [1.82, 2.24) is 5.43 Å². The molecule has 0 radical (unpaired) electrons. The monoisotopic (exact) mass is 533 g/mol. The van der Waals surface area contributed by atoms with Gasteiger partial charge in [0.05, 0.1) is 11.6 Å². The lowest BCUT2D eigenvalue weighted by atomic mass is 9.90. The molecule has 40 heavy (non-hydrogen) atoms. The summed E-state index contributed by atoms with van der Waals surface area (Å²) < 4.78 is 6.07. The molecule has 3 aromatic carbocycles. The SMILES string of the molecule is CCCCc1ccc(NC(=O)c2oc3c(c2C)/C(=N/NC(=O)C(c2ccccc2)c2ccccc2)CCC3)cc1. The normalized spacial score (nSPS) is 13.7. The summed E-state index contributed by atoms with van der Waals surface area (Å²) in [5, 5.41) is 7.54. The Morgan fingerprint density at radius 3 is 2.17 bits per heavy atom. The van der Waals surface area contributed by atoms with Crippen molar-refractivity contribution in [2.45, 2.75) is 58.3 Å². The molecule has 0 unspecified atom stereocenters. The number of aryl methyl sites for hydroxylation is 2. The first kappa shape index (κ1) is 27.1. The van der Waals surface area contributed by atoms with E-state index in [1.165, 1.54) is 5.56 Å². The Hall–Kier alpha value is -4.45. The van der Waals surface area contributed by atoms with Gasteiger partial charge in [-0.25, -0.2) is 5.43 Å². The zero-order valence-electron chi connectivity index (χ0n) is 23.1.